The molecule has 2 N–H and O–H groups in total. The number of allylic oxidation sites excluding steroid dienone is 2. The smallest absolute Gasteiger partial charge is 0.0722 e. The van der Waals surface area contributed by atoms with Crippen LogP contribution in [0.15, 0.2) is 12.2 Å². The molecule has 1 aliphatic rings. The minimum absolute atomic E-state index is 0.0330. The summed E-state index contributed by atoms with van der Waals surface area (Å²) in [4.78, 5) is 0. The lowest BCUT2D eigenvalue weighted by Gasteiger charge is -2.34. The zero-order valence-corrected chi connectivity index (χ0v) is 11.5. The standard InChI is InChI=1S/C13H24ClNO/c1-9(15-13(2,3)4)12(16)10-6-5-7-11(14)8-10/h5,7,9-12,15-16H,6,8H2,1-4H3. The van der Waals surface area contributed by atoms with Crippen LogP contribution in [0.3, 0.4) is 0 Å². The van der Waals surface area contributed by atoms with E-state index in [1.807, 2.05) is 13.0 Å². The molecule has 0 aromatic carbocycles. The van der Waals surface area contributed by atoms with Gasteiger partial charge in [0.1, 0.15) is 0 Å². The van der Waals surface area contributed by atoms with Crippen LogP contribution >= 0.6 is 11.6 Å². The highest BCUT2D eigenvalue weighted by Crippen LogP contribution is 2.27. The van der Waals surface area contributed by atoms with Gasteiger partial charge >= 0.3 is 0 Å². The van der Waals surface area contributed by atoms with Crippen molar-refractivity contribution in [2.24, 2.45) is 5.92 Å². The second-order valence-electron chi connectivity index (χ2n) is 5.85. The van der Waals surface area contributed by atoms with Gasteiger partial charge < -0.3 is 10.4 Å². The van der Waals surface area contributed by atoms with Crippen LogP contribution in [-0.4, -0.2) is 28.2 Å². The Balaban J connectivity index is 2.50. The molecule has 0 saturated heterocycles. The highest BCUT2D eigenvalue weighted by molar-refractivity contribution is 6.21. The lowest BCUT2D eigenvalue weighted by molar-refractivity contribution is 0.0608. The molecule has 0 saturated carbocycles. The van der Waals surface area contributed by atoms with E-state index < -0.39 is 0 Å². The number of halogens is 1. The van der Waals surface area contributed by atoms with Crippen molar-refractivity contribution in [2.45, 2.75) is 63.6 Å². The third-order valence-corrected chi connectivity index (χ3v) is 3.29. The number of alkyl halides is 1. The summed E-state index contributed by atoms with van der Waals surface area (Å²) in [6.07, 6.45) is 5.58. The average Bonchev–Trinajstić information content (AvgIpc) is 2.14. The van der Waals surface area contributed by atoms with E-state index in [0.29, 0.717) is 0 Å². The van der Waals surface area contributed by atoms with Gasteiger partial charge in [0.15, 0.2) is 0 Å². The summed E-state index contributed by atoms with van der Waals surface area (Å²) in [5, 5.41) is 13.8. The molecular formula is C13H24ClNO. The molecule has 1 rings (SSSR count). The Labute approximate surface area is 104 Å². The SMILES string of the molecule is CC(NC(C)(C)C)C(O)C1CC=CC(Cl)C1. The van der Waals surface area contributed by atoms with Crippen LogP contribution in [0.5, 0.6) is 0 Å². The summed E-state index contributed by atoms with van der Waals surface area (Å²) < 4.78 is 0. The topological polar surface area (TPSA) is 32.3 Å². The quantitative estimate of drug-likeness (QED) is 0.592. The van der Waals surface area contributed by atoms with Gasteiger partial charge in [-0.15, -0.1) is 11.6 Å². The Bertz CT molecular complexity index is 247. The van der Waals surface area contributed by atoms with Crippen molar-refractivity contribution in [3.05, 3.63) is 12.2 Å². The van der Waals surface area contributed by atoms with E-state index in [4.69, 9.17) is 11.6 Å². The monoisotopic (exact) mass is 245 g/mol. The molecule has 3 heteroatoms. The van der Waals surface area contributed by atoms with E-state index in [-0.39, 0.29) is 29.0 Å². The number of aliphatic hydroxyl groups is 1. The molecule has 16 heavy (non-hydrogen) atoms. The second kappa shape index (κ2) is 5.52. The summed E-state index contributed by atoms with van der Waals surface area (Å²) in [5.74, 6) is 0.275. The van der Waals surface area contributed by atoms with Crippen molar-refractivity contribution in [3.63, 3.8) is 0 Å². The first kappa shape index (κ1) is 14.0. The van der Waals surface area contributed by atoms with Crippen LogP contribution in [-0.2, 0) is 0 Å². The molecule has 0 radical (unpaired) electrons. The van der Waals surface area contributed by atoms with Crippen LogP contribution in [0.4, 0.5) is 0 Å². The zero-order valence-electron chi connectivity index (χ0n) is 10.7. The maximum Gasteiger partial charge on any atom is 0.0722 e. The van der Waals surface area contributed by atoms with Crippen LogP contribution in [0.1, 0.15) is 40.5 Å². The van der Waals surface area contributed by atoms with Gasteiger partial charge in [0.25, 0.3) is 0 Å². The van der Waals surface area contributed by atoms with E-state index >= 15 is 0 Å². The summed E-state index contributed by atoms with van der Waals surface area (Å²) in [6.45, 7) is 8.38. The Kier molecular flexibility index (Phi) is 4.84. The Morgan fingerprint density at radius 2 is 2.06 bits per heavy atom. The van der Waals surface area contributed by atoms with Gasteiger partial charge in [-0.3, -0.25) is 0 Å². The van der Waals surface area contributed by atoms with Gasteiger partial charge in [0, 0.05) is 11.6 Å². The van der Waals surface area contributed by atoms with E-state index in [9.17, 15) is 5.11 Å². The summed E-state index contributed by atoms with van der Waals surface area (Å²) in [6, 6.07) is 0.0976. The first-order valence-electron chi connectivity index (χ1n) is 6.06. The van der Waals surface area contributed by atoms with E-state index in [1.54, 1.807) is 0 Å². The van der Waals surface area contributed by atoms with Crippen molar-refractivity contribution in [3.8, 4) is 0 Å². The van der Waals surface area contributed by atoms with Crippen molar-refractivity contribution < 1.29 is 5.11 Å². The van der Waals surface area contributed by atoms with Crippen molar-refractivity contribution in [2.75, 3.05) is 0 Å². The summed E-state index contributed by atoms with van der Waals surface area (Å²) >= 11 is 6.07. The van der Waals surface area contributed by atoms with Gasteiger partial charge in [0.05, 0.1) is 11.5 Å². The Hall–Kier alpha value is -0.0500. The average molecular weight is 246 g/mol. The van der Waals surface area contributed by atoms with E-state index in [0.717, 1.165) is 12.8 Å². The molecule has 0 bridgehead atoms. The third kappa shape index (κ3) is 4.44. The maximum absolute atomic E-state index is 10.3. The first-order valence-corrected chi connectivity index (χ1v) is 6.50. The van der Waals surface area contributed by atoms with Gasteiger partial charge in [-0.1, -0.05) is 12.2 Å². The highest BCUT2D eigenvalue weighted by Gasteiger charge is 2.29. The van der Waals surface area contributed by atoms with Crippen LogP contribution in [0, 0.1) is 5.92 Å². The normalized spacial score (nSPS) is 30.1. The van der Waals surface area contributed by atoms with Gasteiger partial charge in [-0.05, 0) is 46.5 Å². The molecule has 1 aliphatic carbocycles. The third-order valence-electron chi connectivity index (χ3n) is 2.97. The van der Waals surface area contributed by atoms with E-state index in [1.165, 1.54) is 0 Å². The molecule has 0 aromatic heterocycles. The number of aliphatic hydroxyl groups excluding tert-OH is 1. The molecule has 4 unspecified atom stereocenters. The minimum atomic E-state index is -0.328. The van der Waals surface area contributed by atoms with Crippen LogP contribution < -0.4 is 5.32 Å². The number of hydrogen-bond donors (Lipinski definition) is 2. The Morgan fingerprint density at radius 3 is 2.56 bits per heavy atom. The predicted molar refractivity (Wildman–Crippen MR) is 69.9 cm³/mol. The lowest BCUT2D eigenvalue weighted by atomic mass is 9.85. The fourth-order valence-corrected chi connectivity index (χ4v) is 2.65. The summed E-state index contributed by atoms with van der Waals surface area (Å²) in [7, 11) is 0. The number of rotatable bonds is 3. The first-order chi connectivity index (χ1) is 7.29. The fraction of sp³-hybridized carbons (Fsp3) is 0.846. The fourth-order valence-electron chi connectivity index (χ4n) is 2.32. The molecule has 0 fully saturated rings. The Morgan fingerprint density at radius 1 is 1.44 bits per heavy atom. The van der Waals surface area contributed by atoms with Crippen LogP contribution in [0.2, 0.25) is 0 Å². The van der Waals surface area contributed by atoms with Crippen LogP contribution in [0.25, 0.3) is 0 Å². The highest BCUT2D eigenvalue weighted by atomic mass is 35.5. The molecule has 0 aromatic rings. The number of nitrogens with one attached hydrogen (secondary N) is 1. The molecule has 0 spiro atoms. The van der Waals surface area contributed by atoms with Gasteiger partial charge in [0.2, 0.25) is 0 Å². The largest absolute Gasteiger partial charge is 0.391 e. The molecule has 4 atom stereocenters. The maximum atomic E-state index is 10.3. The predicted octanol–water partition coefficient (Wildman–Crippen LogP) is 2.70. The van der Waals surface area contributed by atoms with Crippen molar-refractivity contribution in [1.29, 1.82) is 0 Å². The van der Waals surface area contributed by atoms with Gasteiger partial charge in [-0.2, -0.15) is 0 Å². The molecule has 94 valence electrons. The molecule has 0 aliphatic heterocycles. The number of hydrogen-bond acceptors (Lipinski definition) is 2. The summed E-state index contributed by atoms with van der Waals surface area (Å²) in [5.41, 5.74) is 0.0330. The van der Waals surface area contributed by atoms with Crippen molar-refractivity contribution >= 4 is 11.6 Å². The molecule has 0 heterocycles. The molecular weight excluding hydrogens is 222 g/mol. The molecule has 0 amide bonds. The molecule has 2 nitrogen and oxygen atoms in total. The minimum Gasteiger partial charge on any atom is -0.391 e. The lowest BCUT2D eigenvalue weighted by Crippen LogP contribution is -2.50. The zero-order chi connectivity index (χ0) is 12.3. The van der Waals surface area contributed by atoms with E-state index in [2.05, 4.69) is 32.2 Å². The second-order valence-corrected chi connectivity index (χ2v) is 6.41. The van der Waals surface area contributed by atoms with Gasteiger partial charge in [-0.25, -0.2) is 0 Å². The van der Waals surface area contributed by atoms with Crippen molar-refractivity contribution in [1.82, 2.24) is 5.32 Å².